The van der Waals surface area contributed by atoms with Crippen LogP contribution in [0.4, 0.5) is 27.8 Å². The van der Waals surface area contributed by atoms with E-state index in [2.05, 4.69) is 31.3 Å². The Hall–Kier alpha value is -3.88. The predicted octanol–water partition coefficient (Wildman–Crippen LogP) is 2.95. The Morgan fingerprint density at radius 3 is 2.54 bits per heavy atom. The minimum absolute atomic E-state index is 0.316. The molecule has 2 heterocycles. The summed E-state index contributed by atoms with van der Waals surface area (Å²) in [4.78, 5) is 28.7. The van der Waals surface area contributed by atoms with Crippen LogP contribution in [0.5, 0.6) is 0 Å². The first-order valence-corrected chi connectivity index (χ1v) is 8.73. The molecule has 9 nitrogen and oxygen atoms in total. The van der Waals surface area contributed by atoms with Gasteiger partial charge < -0.3 is 16.0 Å². The second-order valence-electron chi connectivity index (χ2n) is 5.92. The second-order valence-corrected chi connectivity index (χ2v) is 5.92. The molecular formula is C19H21N7O2. The number of anilines is 4. The van der Waals surface area contributed by atoms with Crippen LogP contribution in [-0.2, 0) is 7.05 Å². The Morgan fingerprint density at radius 1 is 1.07 bits per heavy atom. The largest absolute Gasteiger partial charge is 0.355 e. The third kappa shape index (κ3) is 4.85. The molecule has 3 aromatic rings. The van der Waals surface area contributed by atoms with E-state index in [-0.39, 0.29) is 11.9 Å². The van der Waals surface area contributed by atoms with Crippen molar-refractivity contribution >= 4 is 34.9 Å². The van der Waals surface area contributed by atoms with Crippen LogP contribution in [0.3, 0.4) is 0 Å². The van der Waals surface area contributed by atoms with Crippen molar-refractivity contribution in [2.45, 2.75) is 6.92 Å². The number of carbonyl (C=O) groups is 2. The SMILES string of the molecule is CCNC(=O)Nc1cc(Nc2ccccc2)c(C(=O)Nc2ccn(C)n2)cn1. The van der Waals surface area contributed by atoms with Crippen molar-refractivity contribution in [3.05, 3.63) is 60.4 Å². The normalized spacial score (nSPS) is 10.2. The zero-order chi connectivity index (χ0) is 19.9. The van der Waals surface area contributed by atoms with Crippen molar-refractivity contribution in [1.29, 1.82) is 0 Å². The van der Waals surface area contributed by atoms with Gasteiger partial charge in [0.1, 0.15) is 5.82 Å². The average Bonchev–Trinajstić information content (AvgIpc) is 3.07. The van der Waals surface area contributed by atoms with E-state index in [0.29, 0.717) is 29.4 Å². The summed E-state index contributed by atoms with van der Waals surface area (Å²) in [5.74, 6) is 0.385. The molecule has 0 aliphatic rings. The number of nitrogens with zero attached hydrogens (tertiary/aromatic N) is 3. The molecule has 0 fully saturated rings. The van der Waals surface area contributed by atoms with Crippen LogP contribution < -0.4 is 21.3 Å². The maximum Gasteiger partial charge on any atom is 0.320 e. The molecule has 3 rings (SSSR count). The van der Waals surface area contributed by atoms with Gasteiger partial charge in [0.2, 0.25) is 0 Å². The van der Waals surface area contributed by atoms with E-state index in [1.54, 1.807) is 30.1 Å². The Bertz CT molecular complexity index is 969. The molecule has 0 saturated carbocycles. The number of hydrogen-bond donors (Lipinski definition) is 4. The van der Waals surface area contributed by atoms with Crippen LogP contribution >= 0.6 is 0 Å². The molecule has 0 spiro atoms. The number of rotatable bonds is 6. The van der Waals surface area contributed by atoms with E-state index in [1.165, 1.54) is 6.20 Å². The maximum atomic E-state index is 12.7. The number of aryl methyl sites for hydroxylation is 1. The highest BCUT2D eigenvalue weighted by atomic mass is 16.2. The van der Waals surface area contributed by atoms with Crippen LogP contribution in [0.15, 0.2) is 54.9 Å². The quantitative estimate of drug-likeness (QED) is 0.526. The number of hydrogen-bond acceptors (Lipinski definition) is 5. The predicted molar refractivity (Wildman–Crippen MR) is 108 cm³/mol. The van der Waals surface area contributed by atoms with E-state index in [0.717, 1.165) is 5.69 Å². The van der Waals surface area contributed by atoms with Gasteiger partial charge in [0.25, 0.3) is 5.91 Å². The number of aromatic nitrogens is 3. The third-order valence-corrected chi connectivity index (χ3v) is 3.74. The van der Waals surface area contributed by atoms with E-state index in [4.69, 9.17) is 0 Å². The fourth-order valence-corrected chi connectivity index (χ4v) is 2.47. The molecule has 28 heavy (non-hydrogen) atoms. The van der Waals surface area contributed by atoms with E-state index >= 15 is 0 Å². The first kappa shape index (κ1) is 18.9. The van der Waals surface area contributed by atoms with E-state index in [9.17, 15) is 9.59 Å². The summed E-state index contributed by atoms with van der Waals surface area (Å²) in [5.41, 5.74) is 1.61. The topological polar surface area (TPSA) is 113 Å². The molecule has 0 radical (unpaired) electrons. The number of amides is 3. The van der Waals surface area contributed by atoms with Crippen molar-refractivity contribution in [3.63, 3.8) is 0 Å². The van der Waals surface area contributed by atoms with Gasteiger partial charge in [-0.05, 0) is 19.1 Å². The molecule has 3 amide bonds. The fraction of sp³-hybridized carbons (Fsp3) is 0.158. The number of para-hydroxylation sites is 1. The zero-order valence-corrected chi connectivity index (χ0v) is 15.6. The Labute approximate surface area is 162 Å². The molecule has 1 aromatic carbocycles. The lowest BCUT2D eigenvalue weighted by atomic mass is 10.2. The summed E-state index contributed by atoms with van der Waals surface area (Å²) in [7, 11) is 1.77. The van der Waals surface area contributed by atoms with Gasteiger partial charge >= 0.3 is 6.03 Å². The molecule has 0 bridgehead atoms. The number of urea groups is 1. The average molecular weight is 379 g/mol. The fourth-order valence-electron chi connectivity index (χ4n) is 2.47. The molecule has 2 aromatic heterocycles. The van der Waals surface area contributed by atoms with Crippen LogP contribution in [0.1, 0.15) is 17.3 Å². The number of pyridine rings is 1. The zero-order valence-electron chi connectivity index (χ0n) is 15.6. The molecule has 9 heteroatoms. The van der Waals surface area contributed by atoms with Crippen molar-refractivity contribution in [2.75, 3.05) is 22.5 Å². The van der Waals surface area contributed by atoms with Gasteiger partial charge in [-0.2, -0.15) is 5.10 Å². The van der Waals surface area contributed by atoms with Crippen molar-refractivity contribution in [3.8, 4) is 0 Å². The summed E-state index contributed by atoms with van der Waals surface area (Å²) >= 11 is 0. The Morgan fingerprint density at radius 2 is 1.86 bits per heavy atom. The minimum atomic E-state index is -0.369. The summed E-state index contributed by atoms with van der Waals surface area (Å²) in [6.07, 6.45) is 3.14. The third-order valence-electron chi connectivity index (χ3n) is 3.74. The molecule has 0 saturated heterocycles. The Balaban J connectivity index is 1.88. The van der Waals surface area contributed by atoms with Crippen molar-refractivity contribution < 1.29 is 9.59 Å². The van der Waals surface area contributed by atoms with E-state index in [1.807, 2.05) is 37.3 Å². The highest BCUT2D eigenvalue weighted by Gasteiger charge is 2.16. The van der Waals surface area contributed by atoms with Gasteiger partial charge in [0.05, 0.1) is 11.3 Å². The smallest absolute Gasteiger partial charge is 0.320 e. The first-order chi connectivity index (χ1) is 13.5. The lowest BCUT2D eigenvalue weighted by molar-refractivity contribution is 0.102. The molecule has 4 N–H and O–H groups in total. The summed E-state index contributed by atoms with van der Waals surface area (Å²) in [6.45, 7) is 2.31. The van der Waals surface area contributed by atoms with Gasteiger partial charge in [-0.1, -0.05) is 18.2 Å². The summed E-state index contributed by atoms with van der Waals surface area (Å²) < 4.78 is 1.59. The van der Waals surface area contributed by atoms with Crippen LogP contribution in [0, 0.1) is 0 Å². The standard InChI is InChI=1S/C19H21N7O2/c1-3-20-19(28)24-17-11-15(22-13-7-5-4-6-8-13)14(12-21-17)18(27)23-16-9-10-26(2)25-16/h4-12H,3H2,1-2H3,(H,23,25,27)(H3,20,21,22,24,28). The first-order valence-electron chi connectivity index (χ1n) is 8.73. The van der Waals surface area contributed by atoms with Gasteiger partial charge in [0, 0.05) is 43.8 Å². The number of benzene rings is 1. The molecule has 0 atom stereocenters. The van der Waals surface area contributed by atoms with Crippen LogP contribution in [0.2, 0.25) is 0 Å². The number of carbonyl (C=O) groups excluding carboxylic acids is 2. The summed E-state index contributed by atoms with van der Waals surface area (Å²) in [5, 5.41) is 15.3. The highest BCUT2D eigenvalue weighted by molar-refractivity contribution is 6.08. The highest BCUT2D eigenvalue weighted by Crippen LogP contribution is 2.24. The monoisotopic (exact) mass is 379 g/mol. The molecule has 0 unspecified atom stereocenters. The molecule has 144 valence electrons. The van der Waals surface area contributed by atoms with Crippen LogP contribution in [-0.4, -0.2) is 33.2 Å². The Kier molecular flexibility index (Phi) is 5.85. The lowest BCUT2D eigenvalue weighted by Gasteiger charge is -2.13. The van der Waals surface area contributed by atoms with Gasteiger partial charge in [-0.15, -0.1) is 0 Å². The molecule has 0 aliphatic carbocycles. The van der Waals surface area contributed by atoms with Crippen LogP contribution in [0.25, 0.3) is 0 Å². The second kappa shape index (κ2) is 8.67. The van der Waals surface area contributed by atoms with Gasteiger partial charge in [0.15, 0.2) is 5.82 Å². The molecule has 0 aliphatic heterocycles. The minimum Gasteiger partial charge on any atom is -0.355 e. The summed E-state index contributed by atoms with van der Waals surface area (Å²) in [6, 6.07) is 12.3. The number of nitrogens with one attached hydrogen (secondary N) is 4. The maximum absolute atomic E-state index is 12.7. The van der Waals surface area contributed by atoms with E-state index < -0.39 is 0 Å². The van der Waals surface area contributed by atoms with Gasteiger partial charge in [-0.3, -0.25) is 14.8 Å². The van der Waals surface area contributed by atoms with Crippen molar-refractivity contribution in [1.82, 2.24) is 20.1 Å². The molecular weight excluding hydrogens is 358 g/mol. The lowest BCUT2D eigenvalue weighted by Crippen LogP contribution is -2.28. The van der Waals surface area contributed by atoms with Crippen molar-refractivity contribution in [2.24, 2.45) is 7.05 Å². The van der Waals surface area contributed by atoms with Gasteiger partial charge in [-0.25, -0.2) is 9.78 Å².